The summed E-state index contributed by atoms with van der Waals surface area (Å²) in [5, 5.41) is 0. The lowest BCUT2D eigenvalue weighted by Crippen LogP contribution is -2.35. The summed E-state index contributed by atoms with van der Waals surface area (Å²) in [5.41, 5.74) is 8.65. The van der Waals surface area contributed by atoms with Crippen molar-refractivity contribution >= 4 is 11.6 Å². The van der Waals surface area contributed by atoms with Crippen molar-refractivity contribution in [3.8, 4) is 0 Å². The van der Waals surface area contributed by atoms with E-state index in [0.29, 0.717) is 6.54 Å². The van der Waals surface area contributed by atoms with Crippen LogP contribution in [-0.2, 0) is 16.6 Å². The molecule has 18 heavy (non-hydrogen) atoms. The van der Waals surface area contributed by atoms with Gasteiger partial charge in [-0.25, -0.2) is 0 Å². The smallest absolute Gasteiger partial charge is 0.237 e. The quantitative estimate of drug-likeness (QED) is 0.885. The van der Waals surface area contributed by atoms with Gasteiger partial charge < -0.3 is 10.6 Å². The zero-order chi connectivity index (χ0) is 13.3. The van der Waals surface area contributed by atoms with Gasteiger partial charge >= 0.3 is 0 Å². The number of likely N-dealkylation sites (N-methyl/N-ethyl adjacent to an activating group) is 1. The normalized spacial score (nSPS) is 17.1. The van der Waals surface area contributed by atoms with Crippen molar-refractivity contribution in [1.82, 2.24) is 0 Å². The fourth-order valence-electron chi connectivity index (χ4n) is 2.66. The molecule has 0 unspecified atom stereocenters. The van der Waals surface area contributed by atoms with Crippen molar-refractivity contribution in [2.75, 3.05) is 18.0 Å². The number of carbonyl (C=O) groups excluding carboxylic acids is 1. The fourth-order valence-corrected chi connectivity index (χ4v) is 2.66. The van der Waals surface area contributed by atoms with Crippen LogP contribution < -0.4 is 10.6 Å². The molecule has 1 aromatic carbocycles. The molecule has 0 spiro atoms. The number of rotatable bonds is 4. The zero-order valence-electron chi connectivity index (χ0n) is 11.5. The van der Waals surface area contributed by atoms with Crippen LogP contribution in [0.1, 0.15) is 38.3 Å². The summed E-state index contributed by atoms with van der Waals surface area (Å²) >= 11 is 0. The molecular weight excluding hydrogens is 224 g/mol. The second-order valence-electron chi connectivity index (χ2n) is 5.42. The van der Waals surface area contributed by atoms with Gasteiger partial charge in [0.1, 0.15) is 0 Å². The highest BCUT2D eigenvalue weighted by atomic mass is 16.2. The minimum atomic E-state index is -0.399. The predicted octanol–water partition coefficient (Wildman–Crippen LogP) is 2.22. The summed E-state index contributed by atoms with van der Waals surface area (Å²) in [6.45, 7) is 7.48. The second kappa shape index (κ2) is 4.73. The minimum Gasteiger partial charge on any atom is -0.330 e. The van der Waals surface area contributed by atoms with Gasteiger partial charge in [-0.15, -0.1) is 0 Å². The number of fused-ring (bicyclic) bond motifs is 1. The van der Waals surface area contributed by atoms with E-state index in [1.54, 1.807) is 0 Å². The minimum absolute atomic E-state index is 0.205. The first-order valence-electron chi connectivity index (χ1n) is 6.67. The number of hydrogen-bond donors (Lipinski definition) is 1. The van der Waals surface area contributed by atoms with Crippen molar-refractivity contribution in [3.63, 3.8) is 0 Å². The van der Waals surface area contributed by atoms with Crippen molar-refractivity contribution < 1.29 is 4.79 Å². The highest BCUT2D eigenvalue weighted by molar-refractivity contribution is 6.07. The molecule has 0 fully saturated rings. The largest absolute Gasteiger partial charge is 0.330 e. The number of anilines is 1. The number of nitrogens with two attached hydrogens (primary N) is 1. The van der Waals surface area contributed by atoms with E-state index >= 15 is 0 Å². The molecule has 3 nitrogen and oxygen atoms in total. The average Bonchev–Trinajstić information content (AvgIpc) is 2.55. The molecule has 98 valence electrons. The molecule has 0 bridgehead atoms. The van der Waals surface area contributed by atoms with Crippen LogP contribution in [0.3, 0.4) is 0 Å². The Bertz CT molecular complexity index is 466. The van der Waals surface area contributed by atoms with E-state index in [0.717, 1.165) is 30.6 Å². The molecule has 0 atom stereocenters. The predicted molar refractivity (Wildman–Crippen MR) is 74.9 cm³/mol. The number of amides is 1. The Balaban J connectivity index is 2.41. The average molecular weight is 246 g/mol. The fraction of sp³-hybridized carbons (Fsp3) is 0.533. The van der Waals surface area contributed by atoms with Crippen LogP contribution in [0.15, 0.2) is 18.2 Å². The van der Waals surface area contributed by atoms with Crippen LogP contribution >= 0.6 is 0 Å². The van der Waals surface area contributed by atoms with Crippen LogP contribution in [0, 0.1) is 0 Å². The topological polar surface area (TPSA) is 46.3 Å². The molecule has 2 rings (SSSR count). The molecule has 1 amide bonds. The maximum Gasteiger partial charge on any atom is 0.237 e. The molecular formula is C15H22N2O. The summed E-state index contributed by atoms with van der Waals surface area (Å²) in [6, 6.07) is 6.38. The molecule has 1 heterocycles. The van der Waals surface area contributed by atoms with Crippen LogP contribution in [0.5, 0.6) is 0 Å². The standard InChI is InChI=1S/C15H22N2O/c1-4-17-13-8-7-11(6-5-9-16)10-12(13)15(2,3)14(17)18/h7-8,10H,4-6,9,16H2,1-3H3. The molecule has 1 aliphatic heterocycles. The van der Waals surface area contributed by atoms with E-state index in [1.807, 2.05) is 25.7 Å². The first-order chi connectivity index (χ1) is 8.52. The van der Waals surface area contributed by atoms with E-state index in [2.05, 4.69) is 18.2 Å². The van der Waals surface area contributed by atoms with Gasteiger partial charge in [0.05, 0.1) is 5.41 Å². The summed E-state index contributed by atoms with van der Waals surface area (Å²) in [6.07, 6.45) is 1.98. The third-order valence-electron chi connectivity index (χ3n) is 3.79. The molecule has 2 N–H and O–H groups in total. The summed E-state index contributed by atoms with van der Waals surface area (Å²) in [4.78, 5) is 14.2. The van der Waals surface area contributed by atoms with Crippen molar-refractivity contribution in [2.24, 2.45) is 5.73 Å². The number of carbonyl (C=O) groups is 1. The maximum absolute atomic E-state index is 12.3. The van der Waals surface area contributed by atoms with Crippen molar-refractivity contribution in [2.45, 2.75) is 39.0 Å². The number of aryl methyl sites for hydroxylation is 1. The van der Waals surface area contributed by atoms with Gasteiger partial charge in [0.25, 0.3) is 0 Å². The molecule has 0 aromatic heterocycles. The highest BCUT2D eigenvalue weighted by Crippen LogP contribution is 2.41. The molecule has 3 heteroatoms. The molecule has 0 saturated carbocycles. The number of hydrogen-bond acceptors (Lipinski definition) is 2. The second-order valence-corrected chi connectivity index (χ2v) is 5.42. The summed E-state index contributed by atoms with van der Waals surface area (Å²) in [5.74, 6) is 0.205. The SMILES string of the molecule is CCN1C(=O)C(C)(C)c2cc(CCCN)ccc21. The van der Waals surface area contributed by atoms with Gasteiger partial charge in [0.15, 0.2) is 0 Å². The number of benzene rings is 1. The summed E-state index contributed by atoms with van der Waals surface area (Å²) < 4.78 is 0. The van der Waals surface area contributed by atoms with Crippen LogP contribution in [0.2, 0.25) is 0 Å². The lowest BCUT2D eigenvalue weighted by molar-refractivity contribution is -0.122. The first-order valence-corrected chi connectivity index (χ1v) is 6.67. The van der Waals surface area contributed by atoms with E-state index in [4.69, 9.17) is 5.73 Å². The Morgan fingerprint density at radius 1 is 1.33 bits per heavy atom. The van der Waals surface area contributed by atoms with Gasteiger partial charge in [-0.1, -0.05) is 12.1 Å². The Kier molecular flexibility index (Phi) is 3.44. The monoisotopic (exact) mass is 246 g/mol. The molecule has 0 radical (unpaired) electrons. The van der Waals surface area contributed by atoms with Crippen LogP contribution in [0.25, 0.3) is 0 Å². The third kappa shape index (κ3) is 1.93. The van der Waals surface area contributed by atoms with Crippen molar-refractivity contribution in [3.05, 3.63) is 29.3 Å². The van der Waals surface area contributed by atoms with Gasteiger partial charge in [-0.3, -0.25) is 4.79 Å². The molecule has 0 aliphatic carbocycles. The van der Waals surface area contributed by atoms with E-state index in [9.17, 15) is 4.79 Å². The number of nitrogens with zero attached hydrogens (tertiary/aromatic N) is 1. The van der Waals surface area contributed by atoms with Crippen LogP contribution in [0.4, 0.5) is 5.69 Å². The Morgan fingerprint density at radius 3 is 2.67 bits per heavy atom. The van der Waals surface area contributed by atoms with Gasteiger partial charge in [-0.2, -0.15) is 0 Å². The zero-order valence-corrected chi connectivity index (χ0v) is 11.5. The molecule has 1 aliphatic rings. The Hall–Kier alpha value is -1.35. The molecule has 0 saturated heterocycles. The highest BCUT2D eigenvalue weighted by Gasteiger charge is 2.43. The summed E-state index contributed by atoms with van der Waals surface area (Å²) in [7, 11) is 0. The Morgan fingerprint density at radius 2 is 2.06 bits per heavy atom. The van der Waals surface area contributed by atoms with Gasteiger partial charge in [0.2, 0.25) is 5.91 Å². The maximum atomic E-state index is 12.3. The Labute approximate surface area is 109 Å². The van der Waals surface area contributed by atoms with Crippen LogP contribution in [-0.4, -0.2) is 19.0 Å². The van der Waals surface area contributed by atoms with E-state index < -0.39 is 5.41 Å². The van der Waals surface area contributed by atoms with Crippen molar-refractivity contribution in [1.29, 1.82) is 0 Å². The molecule has 1 aromatic rings. The van der Waals surface area contributed by atoms with Gasteiger partial charge in [-0.05, 0) is 57.4 Å². The van der Waals surface area contributed by atoms with Gasteiger partial charge in [0, 0.05) is 12.2 Å². The lowest BCUT2D eigenvalue weighted by Gasteiger charge is -2.18. The lowest BCUT2D eigenvalue weighted by atomic mass is 9.85. The van der Waals surface area contributed by atoms with E-state index in [-0.39, 0.29) is 5.91 Å². The third-order valence-corrected chi connectivity index (χ3v) is 3.79. The first kappa shape index (κ1) is 13.1. The van der Waals surface area contributed by atoms with E-state index in [1.165, 1.54) is 5.56 Å².